The zero-order valence-corrected chi connectivity index (χ0v) is 8.00. The van der Waals surface area contributed by atoms with Crippen molar-refractivity contribution in [3.8, 4) is 11.8 Å². The lowest BCUT2D eigenvalue weighted by Crippen LogP contribution is -2.02. The molecule has 14 heavy (non-hydrogen) atoms. The summed E-state index contributed by atoms with van der Waals surface area (Å²) in [5, 5.41) is 17.8. The van der Waals surface area contributed by atoms with E-state index in [2.05, 4.69) is 4.74 Å². The van der Waals surface area contributed by atoms with Crippen LogP contribution >= 0.6 is 11.6 Å². The van der Waals surface area contributed by atoms with Gasteiger partial charge in [0, 0.05) is 6.07 Å². The average Bonchev–Trinajstić information content (AvgIpc) is 2.17. The molecule has 1 aromatic rings. The van der Waals surface area contributed by atoms with Crippen molar-refractivity contribution in [2.75, 3.05) is 7.11 Å². The van der Waals surface area contributed by atoms with E-state index in [-0.39, 0.29) is 21.9 Å². The van der Waals surface area contributed by atoms with Gasteiger partial charge < -0.3 is 9.84 Å². The fraction of sp³-hybridized carbons (Fsp3) is 0.111. The van der Waals surface area contributed by atoms with Crippen LogP contribution in [0.2, 0.25) is 5.02 Å². The Balaban J connectivity index is 3.33. The van der Waals surface area contributed by atoms with E-state index in [1.807, 2.05) is 0 Å². The summed E-state index contributed by atoms with van der Waals surface area (Å²) in [6.07, 6.45) is 0. The second-order valence-electron chi connectivity index (χ2n) is 2.45. The molecule has 1 aromatic carbocycles. The SMILES string of the molecule is COC(=O)c1cc(C#N)c(O)cc1Cl. The van der Waals surface area contributed by atoms with Crippen LogP contribution in [0.4, 0.5) is 0 Å². The molecule has 1 N–H and O–H groups in total. The molecule has 1 rings (SSSR count). The third-order valence-electron chi connectivity index (χ3n) is 1.61. The Morgan fingerprint density at radius 2 is 2.29 bits per heavy atom. The van der Waals surface area contributed by atoms with Crippen molar-refractivity contribution in [2.45, 2.75) is 0 Å². The number of ether oxygens (including phenoxy) is 1. The Morgan fingerprint density at radius 1 is 1.64 bits per heavy atom. The third-order valence-corrected chi connectivity index (χ3v) is 1.92. The van der Waals surface area contributed by atoms with Crippen LogP contribution in [-0.4, -0.2) is 18.2 Å². The highest BCUT2D eigenvalue weighted by atomic mass is 35.5. The Morgan fingerprint density at radius 3 is 2.79 bits per heavy atom. The molecule has 0 aliphatic carbocycles. The van der Waals surface area contributed by atoms with E-state index in [1.54, 1.807) is 6.07 Å². The van der Waals surface area contributed by atoms with Crippen LogP contribution < -0.4 is 0 Å². The van der Waals surface area contributed by atoms with Crippen LogP contribution in [0.3, 0.4) is 0 Å². The van der Waals surface area contributed by atoms with Crippen molar-refractivity contribution in [1.82, 2.24) is 0 Å². The lowest BCUT2D eigenvalue weighted by Gasteiger charge is -2.03. The normalized spacial score (nSPS) is 9.21. The molecule has 0 atom stereocenters. The molecule has 5 heteroatoms. The van der Waals surface area contributed by atoms with Crippen molar-refractivity contribution < 1.29 is 14.6 Å². The summed E-state index contributed by atoms with van der Waals surface area (Å²) in [7, 11) is 1.21. The van der Waals surface area contributed by atoms with E-state index in [0.29, 0.717) is 0 Å². The number of esters is 1. The lowest BCUT2D eigenvalue weighted by molar-refractivity contribution is 0.0601. The maximum absolute atomic E-state index is 11.1. The number of nitrogens with zero attached hydrogens (tertiary/aromatic N) is 1. The number of methoxy groups -OCH3 is 1. The molecule has 0 unspecified atom stereocenters. The standard InChI is InChI=1S/C9H6ClNO3/c1-14-9(13)6-2-5(4-11)8(12)3-7(6)10/h2-3,12H,1H3. The molecule has 0 fully saturated rings. The number of carbonyl (C=O) groups is 1. The molecule has 0 saturated heterocycles. The van der Waals surface area contributed by atoms with Gasteiger partial charge in [0.2, 0.25) is 0 Å². The van der Waals surface area contributed by atoms with Crippen molar-refractivity contribution in [1.29, 1.82) is 5.26 Å². The molecule has 0 bridgehead atoms. The van der Waals surface area contributed by atoms with Crippen LogP contribution in [-0.2, 0) is 4.74 Å². The van der Waals surface area contributed by atoms with Crippen LogP contribution in [0.25, 0.3) is 0 Å². The topological polar surface area (TPSA) is 70.3 Å². The monoisotopic (exact) mass is 211 g/mol. The fourth-order valence-electron chi connectivity index (χ4n) is 0.919. The molecular formula is C9H6ClNO3. The van der Waals surface area contributed by atoms with E-state index in [1.165, 1.54) is 13.2 Å². The summed E-state index contributed by atoms with van der Waals surface area (Å²) in [6, 6.07) is 4.04. The first-order valence-electron chi connectivity index (χ1n) is 3.61. The summed E-state index contributed by atoms with van der Waals surface area (Å²) < 4.78 is 4.44. The van der Waals surface area contributed by atoms with Gasteiger partial charge >= 0.3 is 5.97 Å². The number of hydrogen-bond acceptors (Lipinski definition) is 4. The Hall–Kier alpha value is -1.73. The minimum atomic E-state index is -0.647. The van der Waals surface area contributed by atoms with Crippen LogP contribution in [0.15, 0.2) is 12.1 Å². The van der Waals surface area contributed by atoms with E-state index in [9.17, 15) is 9.90 Å². The highest BCUT2D eigenvalue weighted by Gasteiger charge is 2.14. The molecule has 0 radical (unpaired) electrons. The van der Waals surface area contributed by atoms with Gasteiger partial charge in [0.05, 0.1) is 23.3 Å². The number of aromatic hydroxyl groups is 1. The second-order valence-corrected chi connectivity index (χ2v) is 2.86. The quantitative estimate of drug-likeness (QED) is 0.718. The average molecular weight is 212 g/mol. The summed E-state index contributed by atoms with van der Waals surface area (Å²) >= 11 is 5.66. The van der Waals surface area contributed by atoms with Crippen LogP contribution in [0.1, 0.15) is 15.9 Å². The van der Waals surface area contributed by atoms with Crippen LogP contribution in [0.5, 0.6) is 5.75 Å². The van der Waals surface area contributed by atoms with Gasteiger partial charge in [0.1, 0.15) is 11.8 Å². The van der Waals surface area contributed by atoms with Gasteiger partial charge in [-0.3, -0.25) is 0 Å². The number of rotatable bonds is 1. The first-order chi connectivity index (χ1) is 6.60. The van der Waals surface area contributed by atoms with E-state index < -0.39 is 5.97 Å². The van der Waals surface area contributed by atoms with Gasteiger partial charge in [0.25, 0.3) is 0 Å². The van der Waals surface area contributed by atoms with Gasteiger partial charge in [-0.05, 0) is 6.07 Å². The van der Waals surface area contributed by atoms with Crippen LogP contribution in [0, 0.1) is 11.3 Å². The molecule has 0 amide bonds. The third kappa shape index (κ3) is 1.78. The van der Waals surface area contributed by atoms with Crippen molar-refractivity contribution in [2.24, 2.45) is 0 Å². The van der Waals surface area contributed by atoms with Crippen molar-refractivity contribution in [3.63, 3.8) is 0 Å². The van der Waals surface area contributed by atoms with E-state index in [0.717, 1.165) is 6.07 Å². The van der Waals surface area contributed by atoms with Gasteiger partial charge in [-0.1, -0.05) is 11.6 Å². The Labute approximate surface area is 85.3 Å². The predicted molar refractivity (Wildman–Crippen MR) is 49.2 cm³/mol. The molecule has 0 aliphatic heterocycles. The Kier molecular flexibility index (Phi) is 2.95. The molecule has 0 aliphatic rings. The maximum atomic E-state index is 11.1. The number of phenolic OH excluding ortho intramolecular Hbond substituents is 1. The highest BCUT2D eigenvalue weighted by molar-refractivity contribution is 6.33. The molecule has 0 saturated carbocycles. The second kappa shape index (κ2) is 3.99. The maximum Gasteiger partial charge on any atom is 0.339 e. The molecule has 72 valence electrons. The summed E-state index contributed by atoms with van der Waals surface area (Å²) in [4.78, 5) is 11.1. The summed E-state index contributed by atoms with van der Waals surface area (Å²) in [5.74, 6) is -0.906. The molecule has 0 aromatic heterocycles. The number of carbonyl (C=O) groups excluding carboxylic acids is 1. The zero-order valence-electron chi connectivity index (χ0n) is 7.24. The number of halogens is 1. The number of nitriles is 1. The minimum Gasteiger partial charge on any atom is -0.507 e. The number of phenols is 1. The molecule has 0 spiro atoms. The number of hydrogen-bond donors (Lipinski definition) is 1. The largest absolute Gasteiger partial charge is 0.507 e. The first kappa shape index (κ1) is 10.4. The van der Waals surface area contributed by atoms with Gasteiger partial charge in [-0.25, -0.2) is 4.79 Å². The van der Waals surface area contributed by atoms with Gasteiger partial charge in [-0.15, -0.1) is 0 Å². The van der Waals surface area contributed by atoms with Crippen molar-refractivity contribution >= 4 is 17.6 Å². The highest BCUT2D eigenvalue weighted by Crippen LogP contribution is 2.26. The minimum absolute atomic E-state index is 0.0187. The molecule has 0 heterocycles. The molecule has 4 nitrogen and oxygen atoms in total. The lowest BCUT2D eigenvalue weighted by atomic mass is 10.1. The van der Waals surface area contributed by atoms with Gasteiger partial charge in [-0.2, -0.15) is 5.26 Å². The van der Waals surface area contributed by atoms with Crippen molar-refractivity contribution in [3.05, 3.63) is 28.3 Å². The number of benzene rings is 1. The van der Waals surface area contributed by atoms with Gasteiger partial charge in [0.15, 0.2) is 0 Å². The summed E-state index contributed by atoms with van der Waals surface area (Å²) in [6.45, 7) is 0. The predicted octanol–water partition coefficient (Wildman–Crippen LogP) is 1.70. The van der Waals surface area contributed by atoms with E-state index in [4.69, 9.17) is 16.9 Å². The van der Waals surface area contributed by atoms with E-state index >= 15 is 0 Å². The fourth-order valence-corrected chi connectivity index (χ4v) is 1.15. The Bertz CT molecular complexity index is 423. The zero-order chi connectivity index (χ0) is 10.7. The summed E-state index contributed by atoms with van der Waals surface area (Å²) in [5.41, 5.74) is 0.0401. The molecular weight excluding hydrogens is 206 g/mol. The smallest absolute Gasteiger partial charge is 0.339 e. The first-order valence-corrected chi connectivity index (χ1v) is 3.99.